The molecule has 0 bridgehead atoms. The number of hydrogen-bond acceptors (Lipinski definition) is 4. The van der Waals surface area contributed by atoms with Crippen LogP contribution in [0.15, 0.2) is 28.8 Å². The summed E-state index contributed by atoms with van der Waals surface area (Å²) < 4.78 is 5.11. The fraction of sp³-hybridized carbons (Fsp3) is 0.333. The Labute approximate surface area is 117 Å². The Morgan fingerprint density at radius 3 is 2.39 bits per heavy atom. The van der Waals surface area contributed by atoms with Gasteiger partial charge in [-0.15, -0.1) is 12.4 Å². The molecule has 0 aliphatic heterocycles. The molecule has 0 aliphatic carbocycles. The van der Waals surface area contributed by atoms with Gasteiger partial charge in [0.05, 0.1) is 5.54 Å². The van der Waals surface area contributed by atoms with Crippen molar-refractivity contribution in [3.63, 3.8) is 0 Å². The second kappa shape index (κ2) is 5.69. The molecule has 4 nitrogen and oxygen atoms in total. The molecule has 2 aromatic rings. The summed E-state index contributed by atoms with van der Waals surface area (Å²) in [4.78, 5) is 4.26. The van der Waals surface area contributed by atoms with E-state index >= 15 is 0 Å². The molecule has 18 heavy (non-hydrogen) atoms. The second-order valence-electron chi connectivity index (χ2n) is 4.54. The highest BCUT2D eigenvalue weighted by Crippen LogP contribution is 2.16. The van der Waals surface area contributed by atoms with Gasteiger partial charge in [0.15, 0.2) is 5.82 Å². The van der Waals surface area contributed by atoms with Gasteiger partial charge in [-0.25, -0.2) is 0 Å². The lowest BCUT2D eigenvalue weighted by Gasteiger charge is -2.10. The predicted molar refractivity (Wildman–Crippen MR) is 73.0 cm³/mol. The highest BCUT2D eigenvalue weighted by atomic mass is 35.5. The summed E-state index contributed by atoms with van der Waals surface area (Å²) in [5.41, 5.74) is 6.34. The Kier molecular flexibility index (Phi) is 4.73. The highest BCUT2D eigenvalue weighted by molar-refractivity contribution is 6.30. The van der Waals surface area contributed by atoms with Crippen LogP contribution in [0.3, 0.4) is 0 Å². The van der Waals surface area contributed by atoms with Crippen molar-refractivity contribution in [3.8, 4) is 0 Å². The lowest BCUT2D eigenvalue weighted by molar-refractivity contribution is 0.310. The van der Waals surface area contributed by atoms with E-state index in [0.717, 1.165) is 5.56 Å². The van der Waals surface area contributed by atoms with Crippen LogP contribution >= 0.6 is 24.0 Å². The van der Waals surface area contributed by atoms with Gasteiger partial charge in [-0.3, -0.25) is 0 Å². The maximum Gasteiger partial charge on any atom is 0.246 e. The number of halogens is 2. The Balaban J connectivity index is 0.00000162. The summed E-state index contributed by atoms with van der Waals surface area (Å²) in [6.45, 7) is 3.65. The van der Waals surface area contributed by atoms with Crippen molar-refractivity contribution >= 4 is 24.0 Å². The van der Waals surface area contributed by atoms with Gasteiger partial charge in [0, 0.05) is 11.4 Å². The summed E-state index contributed by atoms with van der Waals surface area (Å²) in [6.07, 6.45) is 0.608. The van der Waals surface area contributed by atoms with Gasteiger partial charge >= 0.3 is 0 Å². The van der Waals surface area contributed by atoms with Crippen LogP contribution < -0.4 is 5.73 Å². The average molecular weight is 288 g/mol. The highest BCUT2D eigenvalue weighted by Gasteiger charge is 2.22. The first kappa shape index (κ1) is 15.0. The van der Waals surface area contributed by atoms with Crippen molar-refractivity contribution in [2.75, 3.05) is 0 Å². The standard InChI is InChI=1S/C12H14ClN3O.ClH/c1-12(2,14)11-15-10(16-17-11)7-8-3-5-9(13)6-4-8;/h3-6H,7,14H2,1-2H3;1H. The molecular weight excluding hydrogens is 273 g/mol. The lowest BCUT2D eigenvalue weighted by Crippen LogP contribution is -2.29. The number of benzene rings is 1. The van der Waals surface area contributed by atoms with Crippen molar-refractivity contribution in [2.45, 2.75) is 25.8 Å². The van der Waals surface area contributed by atoms with E-state index in [-0.39, 0.29) is 12.4 Å². The van der Waals surface area contributed by atoms with Crippen LogP contribution in [0.5, 0.6) is 0 Å². The van der Waals surface area contributed by atoms with E-state index in [2.05, 4.69) is 10.1 Å². The van der Waals surface area contributed by atoms with E-state index < -0.39 is 5.54 Å². The molecule has 0 saturated heterocycles. The van der Waals surface area contributed by atoms with Gasteiger partial charge in [0.1, 0.15) is 0 Å². The van der Waals surface area contributed by atoms with Gasteiger partial charge in [0.25, 0.3) is 0 Å². The Bertz CT molecular complexity index is 503. The van der Waals surface area contributed by atoms with E-state index in [0.29, 0.717) is 23.2 Å². The van der Waals surface area contributed by atoms with Crippen molar-refractivity contribution in [3.05, 3.63) is 46.6 Å². The molecule has 0 saturated carbocycles. The monoisotopic (exact) mass is 287 g/mol. The fourth-order valence-corrected chi connectivity index (χ4v) is 1.50. The first-order valence-electron chi connectivity index (χ1n) is 5.31. The van der Waals surface area contributed by atoms with E-state index in [1.54, 1.807) is 0 Å². The molecule has 0 atom stereocenters. The van der Waals surface area contributed by atoms with Crippen LogP contribution in [0.2, 0.25) is 5.02 Å². The first-order valence-corrected chi connectivity index (χ1v) is 5.69. The minimum Gasteiger partial charge on any atom is -0.337 e. The molecule has 98 valence electrons. The molecule has 0 aliphatic rings. The third-order valence-electron chi connectivity index (χ3n) is 2.29. The van der Waals surface area contributed by atoms with Crippen LogP contribution in [0.1, 0.15) is 31.1 Å². The lowest BCUT2D eigenvalue weighted by atomic mass is 10.1. The van der Waals surface area contributed by atoms with Gasteiger partial charge in [-0.1, -0.05) is 28.9 Å². The zero-order valence-corrected chi connectivity index (χ0v) is 11.8. The number of hydrogen-bond donors (Lipinski definition) is 1. The van der Waals surface area contributed by atoms with Gasteiger partial charge in [-0.2, -0.15) is 4.98 Å². The maximum absolute atomic E-state index is 5.87. The molecule has 1 aromatic carbocycles. The molecule has 0 spiro atoms. The summed E-state index contributed by atoms with van der Waals surface area (Å²) in [7, 11) is 0. The third-order valence-corrected chi connectivity index (χ3v) is 2.55. The van der Waals surface area contributed by atoms with E-state index in [1.165, 1.54) is 0 Å². The largest absolute Gasteiger partial charge is 0.337 e. The molecule has 0 amide bonds. The number of nitrogens with two attached hydrogens (primary N) is 1. The summed E-state index contributed by atoms with van der Waals surface area (Å²) >= 11 is 5.81. The molecular formula is C12H15Cl2N3O. The van der Waals surface area contributed by atoms with Crippen molar-refractivity contribution in [2.24, 2.45) is 5.73 Å². The summed E-state index contributed by atoms with van der Waals surface area (Å²) in [6, 6.07) is 7.55. The van der Waals surface area contributed by atoms with Crippen LogP contribution in [-0.2, 0) is 12.0 Å². The van der Waals surface area contributed by atoms with Crippen LogP contribution in [-0.4, -0.2) is 10.1 Å². The van der Waals surface area contributed by atoms with Crippen LogP contribution in [0.4, 0.5) is 0 Å². The van der Waals surface area contributed by atoms with Gasteiger partial charge < -0.3 is 10.3 Å². The van der Waals surface area contributed by atoms with Crippen LogP contribution in [0, 0.1) is 0 Å². The molecule has 2 rings (SSSR count). The molecule has 1 heterocycles. The zero-order valence-electron chi connectivity index (χ0n) is 10.2. The SMILES string of the molecule is CC(C)(N)c1nc(Cc2ccc(Cl)cc2)no1.Cl. The fourth-order valence-electron chi connectivity index (χ4n) is 1.37. The van der Waals surface area contributed by atoms with Crippen molar-refractivity contribution in [1.82, 2.24) is 10.1 Å². The molecule has 0 radical (unpaired) electrons. The van der Waals surface area contributed by atoms with Crippen LogP contribution in [0.25, 0.3) is 0 Å². The molecule has 1 aromatic heterocycles. The van der Waals surface area contributed by atoms with E-state index in [4.69, 9.17) is 21.9 Å². The Hall–Kier alpha value is -1.10. The first-order chi connectivity index (χ1) is 7.95. The number of rotatable bonds is 3. The van der Waals surface area contributed by atoms with Gasteiger partial charge in [-0.05, 0) is 31.5 Å². The third kappa shape index (κ3) is 3.70. The molecule has 0 fully saturated rings. The quantitative estimate of drug-likeness (QED) is 0.943. The number of aromatic nitrogens is 2. The van der Waals surface area contributed by atoms with Gasteiger partial charge in [0.2, 0.25) is 5.89 Å². The summed E-state index contributed by atoms with van der Waals surface area (Å²) in [5.74, 6) is 1.07. The molecule has 6 heteroatoms. The molecule has 2 N–H and O–H groups in total. The normalized spacial score (nSPS) is 11.1. The topological polar surface area (TPSA) is 64.9 Å². The van der Waals surface area contributed by atoms with E-state index in [1.807, 2.05) is 38.1 Å². The molecule has 0 unspecified atom stereocenters. The summed E-state index contributed by atoms with van der Waals surface area (Å²) in [5, 5.41) is 4.61. The number of nitrogens with zero attached hydrogens (tertiary/aromatic N) is 2. The van der Waals surface area contributed by atoms with E-state index in [9.17, 15) is 0 Å². The zero-order chi connectivity index (χ0) is 12.5. The average Bonchev–Trinajstić information content (AvgIpc) is 2.69. The van der Waals surface area contributed by atoms with Crippen molar-refractivity contribution < 1.29 is 4.52 Å². The Morgan fingerprint density at radius 2 is 1.89 bits per heavy atom. The maximum atomic E-state index is 5.87. The smallest absolute Gasteiger partial charge is 0.246 e. The Morgan fingerprint density at radius 1 is 1.28 bits per heavy atom. The minimum atomic E-state index is -0.606. The predicted octanol–water partition coefficient (Wildman–Crippen LogP) is 2.93. The minimum absolute atomic E-state index is 0. The van der Waals surface area contributed by atoms with Crippen molar-refractivity contribution in [1.29, 1.82) is 0 Å². The second-order valence-corrected chi connectivity index (χ2v) is 4.98.